The van der Waals surface area contributed by atoms with Gasteiger partial charge in [-0.2, -0.15) is 0 Å². The van der Waals surface area contributed by atoms with E-state index in [0.717, 1.165) is 24.8 Å². The molecule has 0 aromatic heterocycles. The maximum absolute atomic E-state index is 12.0. The molecule has 0 saturated heterocycles. The molecule has 2 rings (SSSR count). The zero-order chi connectivity index (χ0) is 15.2. The van der Waals surface area contributed by atoms with Crippen molar-refractivity contribution in [2.75, 3.05) is 0 Å². The van der Waals surface area contributed by atoms with Gasteiger partial charge in [0.25, 0.3) is 0 Å². The first-order valence-corrected chi connectivity index (χ1v) is 8.04. The van der Waals surface area contributed by atoms with Gasteiger partial charge in [0.05, 0.1) is 6.10 Å². The lowest BCUT2D eigenvalue weighted by molar-refractivity contribution is -0.156. The molecule has 0 radical (unpaired) electrons. The third-order valence-corrected chi connectivity index (χ3v) is 4.25. The smallest absolute Gasteiger partial charge is 0.306 e. The average molecular weight is 290 g/mol. The molecule has 116 valence electrons. The van der Waals surface area contributed by atoms with Crippen LogP contribution in [-0.2, 0) is 22.4 Å². The second-order valence-electron chi connectivity index (χ2n) is 6.22. The van der Waals surface area contributed by atoms with Crippen LogP contribution in [0.3, 0.4) is 0 Å². The predicted octanol–water partition coefficient (Wildman–Crippen LogP) is 3.27. The number of aliphatic hydroxyl groups excluding tert-OH is 1. The summed E-state index contributed by atoms with van der Waals surface area (Å²) in [5.74, 6) is 0.174. The Balaban J connectivity index is 1.87. The van der Waals surface area contributed by atoms with Crippen LogP contribution in [0.5, 0.6) is 0 Å². The summed E-state index contributed by atoms with van der Waals surface area (Å²) in [5.41, 5.74) is 2.34. The molecule has 0 amide bonds. The zero-order valence-corrected chi connectivity index (χ0v) is 13.0. The number of aliphatic hydroxyl groups is 1. The van der Waals surface area contributed by atoms with Crippen molar-refractivity contribution in [2.24, 2.45) is 5.92 Å². The van der Waals surface area contributed by atoms with E-state index >= 15 is 0 Å². The third kappa shape index (κ3) is 4.57. The zero-order valence-electron chi connectivity index (χ0n) is 13.0. The normalized spacial score (nSPS) is 22.4. The van der Waals surface area contributed by atoms with Crippen LogP contribution >= 0.6 is 0 Å². The Kier molecular flexibility index (Phi) is 5.80. The minimum atomic E-state index is -0.588. The molecule has 0 aliphatic heterocycles. The van der Waals surface area contributed by atoms with Crippen LogP contribution in [0.1, 0.15) is 50.7 Å². The van der Waals surface area contributed by atoms with Gasteiger partial charge in [-0.15, -0.1) is 0 Å². The highest BCUT2D eigenvalue weighted by molar-refractivity contribution is 5.70. The van der Waals surface area contributed by atoms with Crippen LogP contribution in [0, 0.1) is 5.92 Å². The summed E-state index contributed by atoms with van der Waals surface area (Å²) in [5, 5.41) is 10.2. The van der Waals surface area contributed by atoms with Crippen molar-refractivity contribution in [1.29, 1.82) is 0 Å². The topological polar surface area (TPSA) is 46.5 Å². The number of rotatable bonds is 6. The Morgan fingerprint density at radius 3 is 2.67 bits per heavy atom. The molecule has 0 heterocycles. The molecule has 1 aliphatic rings. The summed E-state index contributed by atoms with van der Waals surface area (Å²) in [7, 11) is 0. The quantitative estimate of drug-likeness (QED) is 0.818. The number of fused-ring (bicyclic) bond motifs is 1. The molecule has 1 aliphatic carbocycles. The molecule has 1 aromatic rings. The van der Waals surface area contributed by atoms with Gasteiger partial charge in [0.15, 0.2) is 0 Å². The second-order valence-corrected chi connectivity index (χ2v) is 6.22. The molecular formula is C18H26O3. The summed E-state index contributed by atoms with van der Waals surface area (Å²) in [6.07, 6.45) is 4.00. The van der Waals surface area contributed by atoms with Crippen molar-refractivity contribution < 1.29 is 14.6 Å². The highest BCUT2D eigenvalue weighted by atomic mass is 16.6. The average Bonchev–Trinajstić information content (AvgIpc) is 2.45. The first-order chi connectivity index (χ1) is 10.1. The van der Waals surface area contributed by atoms with Crippen LogP contribution in [0.4, 0.5) is 0 Å². The SMILES string of the molecule is CCCCC(C)CC(=O)O[C@@H]1Cc2ccccc2C[C@H]1O. The minimum absolute atomic E-state index is 0.179. The Hall–Kier alpha value is -1.35. The van der Waals surface area contributed by atoms with E-state index in [0.29, 0.717) is 25.2 Å². The number of benzene rings is 1. The number of carbonyl (C=O) groups is 1. The number of ether oxygens (including phenoxy) is 1. The van der Waals surface area contributed by atoms with Crippen molar-refractivity contribution in [1.82, 2.24) is 0 Å². The number of hydrogen-bond donors (Lipinski definition) is 1. The fourth-order valence-electron chi connectivity index (χ4n) is 2.94. The van der Waals surface area contributed by atoms with Crippen LogP contribution < -0.4 is 0 Å². The van der Waals surface area contributed by atoms with E-state index in [1.54, 1.807) is 0 Å². The Labute approximate surface area is 127 Å². The summed E-state index contributed by atoms with van der Waals surface area (Å²) in [4.78, 5) is 12.0. The lowest BCUT2D eigenvalue weighted by atomic mass is 9.88. The first-order valence-electron chi connectivity index (χ1n) is 8.04. The van der Waals surface area contributed by atoms with Gasteiger partial charge in [0.1, 0.15) is 6.10 Å². The largest absolute Gasteiger partial charge is 0.459 e. The second kappa shape index (κ2) is 7.60. The third-order valence-electron chi connectivity index (χ3n) is 4.25. The first kappa shape index (κ1) is 16.0. The molecule has 1 aromatic carbocycles. The molecule has 3 atom stereocenters. The summed E-state index contributed by atoms with van der Waals surface area (Å²) >= 11 is 0. The van der Waals surface area contributed by atoms with Crippen molar-refractivity contribution in [2.45, 2.75) is 64.6 Å². The monoisotopic (exact) mass is 290 g/mol. The maximum Gasteiger partial charge on any atom is 0.306 e. The Bertz CT molecular complexity index is 469. The van der Waals surface area contributed by atoms with Crippen molar-refractivity contribution in [3.8, 4) is 0 Å². The fourth-order valence-corrected chi connectivity index (χ4v) is 2.94. The van der Waals surface area contributed by atoms with E-state index in [2.05, 4.69) is 13.8 Å². The molecule has 0 saturated carbocycles. The molecule has 3 nitrogen and oxygen atoms in total. The fraction of sp³-hybridized carbons (Fsp3) is 0.611. The molecule has 0 bridgehead atoms. The number of carbonyl (C=O) groups excluding carboxylic acids is 1. The minimum Gasteiger partial charge on any atom is -0.459 e. The van der Waals surface area contributed by atoms with Gasteiger partial charge in [0, 0.05) is 19.3 Å². The molecule has 1 unspecified atom stereocenters. The van der Waals surface area contributed by atoms with Gasteiger partial charge in [0.2, 0.25) is 0 Å². The number of hydrogen-bond acceptors (Lipinski definition) is 3. The summed E-state index contributed by atoms with van der Waals surface area (Å²) in [6, 6.07) is 8.05. The maximum atomic E-state index is 12.0. The van der Waals surface area contributed by atoms with Crippen molar-refractivity contribution in [3.05, 3.63) is 35.4 Å². The lowest BCUT2D eigenvalue weighted by Gasteiger charge is -2.29. The van der Waals surface area contributed by atoms with Gasteiger partial charge in [-0.05, 0) is 17.0 Å². The van der Waals surface area contributed by atoms with Gasteiger partial charge in [-0.1, -0.05) is 57.4 Å². The highest BCUT2D eigenvalue weighted by Gasteiger charge is 2.29. The van der Waals surface area contributed by atoms with Crippen molar-refractivity contribution >= 4 is 5.97 Å². The molecule has 21 heavy (non-hydrogen) atoms. The predicted molar refractivity (Wildman–Crippen MR) is 83.0 cm³/mol. The highest BCUT2D eigenvalue weighted by Crippen LogP contribution is 2.24. The van der Waals surface area contributed by atoms with E-state index in [9.17, 15) is 9.90 Å². The van der Waals surface area contributed by atoms with E-state index in [-0.39, 0.29) is 5.97 Å². The van der Waals surface area contributed by atoms with Gasteiger partial charge in [-0.25, -0.2) is 0 Å². The summed E-state index contributed by atoms with van der Waals surface area (Å²) < 4.78 is 5.52. The Morgan fingerprint density at radius 2 is 2.00 bits per heavy atom. The van der Waals surface area contributed by atoms with Gasteiger partial charge in [-0.3, -0.25) is 4.79 Å². The molecule has 3 heteroatoms. The van der Waals surface area contributed by atoms with Gasteiger partial charge < -0.3 is 9.84 Å². The molecule has 0 fully saturated rings. The van der Waals surface area contributed by atoms with Crippen molar-refractivity contribution in [3.63, 3.8) is 0 Å². The Morgan fingerprint density at radius 1 is 1.33 bits per heavy atom. The molecule has 1 N–H and O–H groups in total. The van der Waals surface area contributed by atoms with Crippen LogP contribution in [0.25, 0.3) is 0 Å². The van der Waals surface area contributed by atoms with E-state index in [1.807, 2.05) is 24.3 Å². The van der Waals surface area contributed by atoms with E-state index in [1.165, 1.54) is 5.56 Å². The number of esters is 1. The molecular weight excluding hydrogens is 264 g/mol. The van der Waals surface area contributed by atoms with Crippen LogP contribution in [-0.4, -0.2) is 23.3 Å². The van der Waals surface area contributed by atoms with Gasteiger partial charge >= 0.3 is 5.97 Å². The van der Waals surface area contributed by atoms with E-state index in [4.69, 9.17) is 4.74 Å². The summed E-state index contributed by atoms with van der Waals surface area (Å²) in [6.45, 7) is 4.24. The van der Waals surface area contributed by atoms with Crippen LogP contribution in [0.15, 0.2) is 24.3 Å². The van der Waals surface area contributed by atoms with E-state index < -0.39 is 12.2 Å². The standard InChI is InChI=1S/C18H26O3/c1-3-4-7-13(2)10-18(20)21-17-12-15-9-6-5-8-14(15)11-16(17)19/h5-6,8-9,13,16-17,19H,3-4,7,10-12H2,1-2H3/t13?,16-,17-/m1/s1. The van der Waals surface area contributed by atoms with Crippen LogP contribution in [0.2, 0.25) is 0 Å². The number of unbranched alkanes of at least 4 members (excludes halogenated alkanes) is 1. The molecule has 0 spiro atoms. The lowest BCUT2D eigenvalue weighted by Crippen LogP contribution is -2.38.